The van der Waals surface area contributed by atoms with Gasteiger partial charge in [0.25, 0.3) is 0 Å². The predicted molar refractivity (Wildman–Crippen MR) is 81.1 cm³/mol. The lowest BCUT2D eigenvalue weighted by Crippen LogP contribution is -1.96. The van der Waals surface area contributed by atoms with E-state index in [0.29, 0.717) is 4.90 Å². The first kappa shape index (κ1) is 15.4. The van der Waals surface area contributed by atoms with Gasteiger partial charge in [0.2, 0.25) is 0 Å². The fourth-order valence-corrected chi connectivity index (χ4v) is 2.35. The second-order valence-corrected chi connectivity index (χ2v) is 6.18. The van der Waals surface area contributed by atoms with Crippen molar-refractivity contribution in [3.8, 4) is 11.1 Å². The van der Waals surface area contributed by atoms with Gasteiger partial charge in [-0.2, -0.15) is 0 Å². The van der Waals surface area contributed by atoms with Gasteiger partial charge >= 0.3 is 0 Å². The molecule has 0 aliphatic heterocycles. The van der Waals surface area contributed by atoms with Gasteiger partial charge in [0, 0.05) is 6.26 Å². The largest absolute Gasteiger partial charge is 0.224 e. The van der Waals surface area contributed by atoms with Gasteiger partial charge in [-0.05, 0) is 30.2 Å². The fourth-order valence-electron chi connectivity index (χ4n) is 1.72. The van der Waals surface area contributed by atoms with E-state index in [0.717, 1.165) is 11.1 Å². The molecule has 0 aromatic heterocycles. The summed E-state index contributed by atoms with van der Waals surface area (Å²) in [5, 5.41) is 0. The van der Waals surface area contributed by atoms with Gasteiger partial charge in [0.15, 0.2) is 9.84 Å². The highest BCUT2D eigenvalue weighted by molar-refractivity contribution is 7.90. The number of rotatable bonds is 2. The molecule has 0 unspecified atom stereocenters. The molecule has 2 nitrogen and oxygen atoms in total. The Hall–Kier alpha value is -1.61. The molecule has 0 spiro atoms. The average Bonchev–Trinajstić information content (AvgIpc) is 2.40. The average molecular weight is 276 g/mol. The third-order valence-electron chi connectivity index (χ3n) is 2.63. The minimum absolute atomic E-state index is 0.355. The van der Waals surface area contributed by atoms with Crippen molar-refractivity contribution in [1.29, 1.82) is 0 Å². The lowest BCUT2D eigenvalue weighted by atomic mass is 10.0. The maximum absolute atomic E-state index is 11.3. The van der Waals surface area contributed by atoms with Crippen LogP contribution in [0.5, 0.6) is 0 Å². The van der Waals surface area contributed by atoms with Crippen LogP contribution in [0.25, 0.3) is 11.1 Å². The molecule has 0 atom stereocenters. The Morgan fingerprint density at radius 1 is 0.842 bits per heavy atom. The van der Waals surface area contributed by atoms with Crippen LogP contribution < -0.4 is 0 Å². The van der Waals surface area contributed by atoms with Gasteiger partial charge in [-0.15, -0.1) is 0 Å². The lowest BCUT2D eigenvalue weighted by molar-refractivity contribution is 0.602. The maximum Gasteiger partial charge on any atom is 0.175 e. The molecule has 3 heteroatoms. The molecule has 0 aliphatic rings. The second-order valence-electron chi connectivity index (χ2n) is 4.17. The van der Waals surface area contributed by atoms with Gasteiger partial charge in [-0.1, -0.05) is 55.8 Å². The Morgan fingerprint density at radius 3 is 1.89 bits per heavy atom. The minimum atomic E-state index is -3.11. The molecule has 102 valence electrons. The summed E-state index contributed by atoms with van der Waals surface area (Å²) in [4.78, 5) is 0.355. The monoisotopic (exact) mass is 276 g/mol. The summed E-state index contributed by atoms with van der Waals surface area (Å²) >= 11 is 0. The van der Waals surface area contributed by atoms with Crippen molar-refractivity contribution in [2.24, 2.45) is 0 Å². The zero-order chi connectivity index (χ0) is 14.5. The molecule has 0 N–H and O–H groups in total. The van der Waals surface area contributed by atoms with Gasteiger partial charge in [0.05, 0.1) is 4.90 Å². The molecule has 0 radical (unpaired) electrons. The number of hydrogen-bond donors (Lipinski definition) is 0. The summed E-state index contributed by atoms with van der Waals surface area (Å²) in [5.41, 5.74) is 3.32. The van der Waals surface area contributed by atoms with Crippen molar-refractivity contribution in [3.05, 3.63) is 54.1 Å². The van der Waals surface area contributed by atoms with Crippen LogP contribution in [-0.2, 0) is 9.84 Å². The van der Waals surface area contributed by atoms with Gasteiger partial charge in [-0.25, -0.2) is 8.42 Å². The van der Waals surface area contributed by atoms with Crippen molar-refractivity contribution in [2.75, 3.05) is 6.26 Å². The quantitative estimate of drug-likeness (QED) is 0.828. The van der Waals surface area contributed by atoms with Crippen molar-refractivity contribution in [1.82, 2.24) is 0 Å². The van der Waals surface area contributed by atoms with E-state index >= 15 is 0 Å². The first-order valence-corrected chi connectivity index (χ1v) is 8.23. The summed E-state index contributed by atoms with van der Waals surface area (Å²) in [6.45, 7) is 6.04. The molecule has 0 fully saturated rings. The van der Waals surface area contributed by atoms with E-state index in [-0.39, 0.29) is 0 Å². The van der Waals surface area contributed by atoms with Crippen molar-refractivity contribution in [3.63, 3.8) is 0 Å². The van der Waals surface area contributed by atoms with Crippen molar-refractivity contribution in [2.45, 2.75) is 25.7 Å². The summed E-state index contributed by atoms with van der Waals surface area (Å²) in [7, 11) is -3.11. The highest BCUT2D eigenvalue weighted by atomic mass is 32.2. The number of sulfone groups is 1. The van der Waals surface area contributed by atoms with Crippen LogP contribution in [0.2, 0.25) is 0 Å². The van der Waals surface area contributed by atoms with Crippen LogP contribution in [0.3, 0.4) is 0 Å². The summed E-state index contributed by atoms with van der Waals surface area (Å²) in [6.07, 6.45) is 1.22. The van der Waals surface area contributed by atoms with Crippen LogP contribution in [0.4, 0.5) is 0 Å². The van der Waals surface area contributed by atoms with E-state index in [9.17, 15) is 8.42 Å². The number of benzene rings is 2. The zero-order valence-corrected chi connectivity index (χ0v) is 12.7. The third-order valence-corrected chi connectivity index (χ3v) is 3.76. The number of hydrogen-bond acceptors (Lipinski definition) is 2. The molecule has 0 aliphatic carbocycles. The number of aryl methyl sites for hydroxylation is 1. The molecular weight excluding hydrogens is 256 g/mol. The zero-order valence-electron chi connectivity index (χ0n) is 11.8. The molecule has 0 amide bonds. The molecule has 0 saturated heterocycles. The summed E-state index contributed by atoms with van der Waals surface area (Å²) in [6, 6.07) is 15.1. The third kappa shape index (κ3) is 4.21. The molecule has 0 saturated carbocycles. The standard InChI is InChI=1S/C14H14O2S.C2H6/c1-11-4-3-5-13(10-11)12-6-8-14(9-7-12)17(2,15)16;1-2/h3-10H,1-2H3;1-2H3. The van der Waals surface area contributed by atoms with Crippen LogP contribution in [-0.4, -0.2) is 14.7 Å². The Kier molecular flexibility index (Phi) is 5.31. The van der Waals surface area contributed by atoms with E-state index < -0.39 is 9.84 Å². The Bertz CT molecular complexity index is 626. The molecule has 2 rings (SSSR count). The topological polar surface area (TPSA) is 34.1 Å². The molecule has 0 heterocycles. The maximum atomic E-state index is 11.3. The molecule has 19 heavy (non-hydrogen) atoms. The molecular formula is C16H20O2S. The van der Waals surface area contributed by atoms with Crippen molar-refractivity contribution < 1.29 is 8.42 Å². The van der Waals surface area contributed by atoms with E-state index in [1.165, 1.54) is 11.8 Å². The SMILES string of the molecule is CC.Cc1cccc(-c2ccc(S(C)(=O)=O)cc2)c1. The highest BCUT2D eigenvalue weighted by Crippen LogP contribution is 2.22. The Morgan fingerprint density at radius 2 is 1.42 bits per heavy atom. The summed E-state index contributed by atoms with van der Waals surface area (Å²) in [5.74, 6) is 0. The smallest absolute Gasteiger partial charge is 0.175 e. The second kappa shape index (κ2) is 6.53. The summed E-state index contributed by atoms with van der Waals surface area (Å²) < 4.78 is 22.7. The molecule has 0 bridgehead atoms. The van der Waals surface area contributed by atoms with Gasteiger partial charge in [0.1, 0.15) is 0 Å². The van der Waals surface area contributed by atoms with Crippen LogP contribution >= 0.6 is 0 Å². The molecule has 2 aromatic rings. The van der Waals surface area contributed by atoms with E-state index in [1.54, 1.807) is 12.1 Å². The van der Waals surface area contributed by atoms with Crippen LogP contribution in [0.1, 0.15) is 19.4 Å². The fraction of sp³-hybridized carbons (Fsp3) is 0.250. The Balaban J connectivity index is 0.000000861. The van der Waals surface area contributed by atoms with Gasteiger partial charge < -0.3 is 0 Å². The Labute approximate surface area is 116 Å². The predicted octanol–water partition coefficient (Wildman–Crippen LogP) is 4.09. The van der Waals surface area contributed by atoms with Crippen LogP contribution in [0, 0.1) is 6.92 Å². The van der Waals surface area contributed by atoms with Crippen molar-refractivity contribution >= 4 is 9.84 Å². The van der Waals surface area contributed by atoms with E-state index in [1.807, 2.05) is 51.1 Å². The minimum Gasteiger partial charge on any atom is -0.224 e. The molecule has 2 aromatic carbocycles. The van der Waals surface area contributed by atoms with Gasteiger partial charge in [-0.3, -0.25) is 0 Å². The highest BCUT2D eigenvalue weighted by Gasteiger charge is 2.06. The normalized spacial score (nSPS) is 10.5. The lowest BCUT2D eigenvalue weighted by Gasteiger charge is -2.04. The van der Waals surface area contributed by atoms with E-state index in [4.69, 9.17) is 0 Å². The van der Waals surface area contributed by atoms with E-state index in [2.05, 4.69) is 6.07 Å². The first-order valence-electron chi connectivity index (χ1n) is 6.34. The van der Waals surface area contributed by atoms with Crippen LogP contribution in [0.15, 0.2) is 53.4 Å². The first-order chi connectivity index (χ1) is 8.97.